The van der Waals surface area contributed by atoms with Crippen LogP contribution in [0.5, 0.6) is 11.5 Å². The Morgan fingerprint density at radius 2 is 1.76 bits per heavy atom. The minimum absolute atomic E-state index is 0.0297. The number of carbonyl (C=O) groups excluding carboxylic acids is 1. The van der Waals surface area contributed by atoms with Crippen LogP contribution in [0.15, 0.2) is 42.5 Å². The number of carbonyl (C=O) groups is 1. The molecule has 0 saturated carbocycles. The summed E-state index contributed by atoms with van der Waals surface area (Å²) in [7, 11) is 1.63. The molecule has 5 nitrogen and oxygen atoms in total. The van der Waals surface area contributed by atoms with E-state index in [9.17, 15) is 4.79 Å². The monoisotopic (exact) mass is 394 g/mol. The van der Waals surface area contributed by atoms with Crippen molar-refractivity contribution in [3.8, 4) is 11.5 Å². The van der Waals surface area contributed by atoms with Crippen molar-refractivity contribution in [1.29, 1.82) is 0 Å². The highest BCUT2D eigenvalue weighted by molar-refractivity contribution is 5.94. The first-order valence-corrected chi connectivity index (χ1v) is 10.6. The number of amides is 1. The molecule has 4 rings (SSSR count). The largest absolute Gasteiger partial charge is 0.497 e. The van der Waals surface area contributed by atoms with Crippen molar-refractivity contribution >= 4 is 5.91 Å². The fourth-order valence-corrected chi connectivity index (χ4v) is 4.19. The normalized spacial score (nSPS) is 17.6. The third kappa shape index (κ3) is 4.91. The van der Waals surface area contributed by atoms with Gasteiger partial charge >= 0.3 is 0 Å². The molecule has 0 radical (unpaired) electrons. The topological polar surface area (TPSA) is 42.0 Å². The maximum Gasteiger partial charge on any atom is 0.254 e. The molecule has 2 aromatic carbocycles. The molecule has 5 heteroatoms. The van der Waals surface area contributed by atoms with Crippen LogP contribution in [0.4, 0.5) is 0 Å². The molecule has 1 saturated heterocycles. The quantitative estimate of drug-likeness (QED) is 0.783. The van der Waals surface area contributed by atoms with Crippen LogP contribution >= 0.6 is 0 Å². The molecule has 0 aromatic heterocycles. The molecule has 0 spiro atoms. The Hall–Kier alpha value is -2.53. The SMILES string of the molecule is COc1ccc(C(=O)N2CCOc3ccc(CN4CCCCCC4)cc3C2)cc1. The summed E-state index contributed by atoms with van der Waals surface area (Å²) < 4.78 is 11.1. The molecule has 29 heavy (non-hydrogen) atoms. The van der Waals surface area contributed by atoms with Crippen molar-refractivity contribution in [3.63, 3.8) is 0 Å². The summed E-state index contributed by atoms with van der Waals surface area (Å²) >= 11 is 0. The molecule has 2 aliphatic heterocycles. The van der Waals surface area contributed by atoms with Crippen molar-refractivity contribution < 1.29 is 14.3 Å². The number of ether oxygens (including phenoxy) is 2. The van der Waals surface area contributed by atoms with Crippen LogP contribution in [0, 0.1) is 0 Å². The highest BCUT2D eigenvalue weighted by atomic mass is 16.5. The smallest absolute Gasteiger partial charge is 0.254 e. The first-order valence-electron chi connectivity index (χ1n) is 10.6. The number of rotatable bonds is 4. The van der Waals surface area contributed by atoms with E-state index in [1.165, 1.54) is 44.3 Å². The van der Waals surface area contributed by atoms with E-state index >= 15 is 0 Å². The maximum atomic E-state index is 13.0. The van der Waals surface area contributed by atoms with Crippen LogP contribution in [-0.4, -0.2) is 49.1 Å². The van der Waals surface area contributed by atoms with E-state index in [1.54, 1.807) is 7.11 Å². The van der Waals surface area contributed by atoms with Crippen LogP contribution in [0.2, 0.25) is 0 Å². The predicted octanol–water partition coefficient (Wildman–Crippen LogP) is 4.11. The fourth-order valence-electron chi connectivity index (χ4n) is 4.19. The number of likely N-dealkylation sites (tertiary alicyclic amines) is 1. The van der Waals surface area contributed by atoms with Crippen LogP contribution < -0.4 is 9.47 Å². The minimum atomic E-state index is 0.0297. The average molecular weight is 395 g/mol. The summed E-state index contributed by atoms with van der Waals surface area (Å²) in [6.07, 6.45) is 5.27. The van der Waals surface area contributed by atoms with Gasteiger partial charge in [-0.05, 0) is 67.9 Å². The molecular weight excluding hydrogens is 364 g/mol. The average Bonchev–Trinajstić information content (AvgIpc) is 3.14. The van der Waals surface area contributed by atoms with Crippen molar-refractivity contribution in [3.05, 3.63) is 59.2 Å². The first-order chi connectivity index (χ1) is 14.2. The Morgan fingerprint density at radius 1 is 1.00 bits per heavy atom. The van der Waals surface area contributed by atoms with Crippen molar-refractivity contribution in [2.45, 2.75) is 38.8 Å². The number of hydrogen-bond donors (Lipinski definition) is 0. The Kier molecular flexibility index (Phi) is 6.35. The van der Waals surface area contributed by atoms with E-state index < -0.39 is 0 Å². The lowest BCUT2D eigenvalue weighted by Crippen LogP contribution is -2.32. The Bertz CT molecular complexity index is 827. The van der Waals surface area contributed by atoms with Gasteiger partial charge in [-0.1, -0.05) is 18.9 Å². The summed E-state index contributed by atoms with van der Waals surface area (Å²) in [6.45, 7) is 5.00. The third-order valence-corrected chi connectivity index (χ3v) is 5.83. The molecule has 0 unspecified atom stereocenters. The Labute approximate surface area is 173 Å². The second kappa shape index (κ2) is 9.31. The van der Waals surface area contributed by atoms with Gasteiger partial charge in [-0.15, -0.1) is 0 Å². The zero-order chi connectivity index (χ0) is 20.1. The zero-order valence-electron chi connectivity index (χ0n) is 17.2. The number of methoxy groups -OCH3 is 1. The molecule has 0 aliphatic carbocycles. The summed E-state index contributed by atoms with van der Waals surface area (Å²) in [5, 5.41) is 0. The number of hydrogen-bond acceptors (Lipinski definition) is 4. The lowest BCUT2D eigenvalue weighted by molar-refractivity contribution is 0.0733. The van der Waals surface area contributed by atoms with E-state index in [1.807, 2.05) is 29.2 Å². The van der Waals surface area contributed by atoms with Gasteiger partial charge in [0.2, 0.25) is 0 Å². The van der Waals surface area contributed by atoms with Crippen LogP contribution in [0.1, 0.15) is 47.2 Å². The van der Waals surface area contributed by atoms with E-state index in [0.29, 0.717) is 25.3 Å². The standard InChI is InChI=1S/C24H30N2O3/c1-28-22-9-7-20(8-10-22)24(27)26-14-15-29-23-11-6-19(16-21(23)18-26)17-25-12-4-2-3-5-13-25/h6-11,16H,2-5,12-15,17-18H2,1H3. The van der Waals surface area contributed by atoms with Gasteiger partial charge in [0, 0.05) is 24.2 Å². The van der Waals surface area contributed by atoms with Gasteiger partial charge in [0.25, 0.3) is 5.91 Å². The number of nitrogens with zero attached hydrogens (tertiary/aromatic N) is 2. The van der Waals surface area contributed by atoms with Gasteiger partial charge < -0.3 is 14.4 Å². The Balaban J connectivity index is 1.48. The lowest BCUT2D eigenvalue weighted by atomic mass is 10.1. The van der Waals surface area contributed by atoms with E-state index in [4.69, 9.17) is 9.47 Å². The van der Waals surface area contributed by atoms with Gasteiger partial charge in [0.1, 0.15) is 18.1 Å². The highest BCUT2D eigenvalue weighted by Gasteiger charge is 2.22. The zero-order valence-corrected chi connectivity index (χ0v) is 17.2. The summed E-state index contributed by atoms with van der Waals surface area (Å²) in [5.41, 5.74) is 3.07. The summed E-state index contributed by atoms with van der Waals surface area (Å²) in [4.78, 5) is 17.4. The Morgan fingerprint density at radius 3 is 2.48 bits per heavy atom. The van der Waals surface area contributed by atoms with Crippen molar-refractivity contribution in [2.75, 3.05) is 33.4 Å². The second-order valence-corrected chi connectivity index (χ2v) is 7.94. The number of fused-ring (bicyclic) bond motifs is 1. The van der Waals surface area contributed by atoms with Crippen molar-refractivity contribution in [1.82, 2.24) is 9.80 Å². The molecule has 2 heterocycles. The van der Waals surface area contributed by atoms with Crippen LogP contribution in [0.3, 0.4) is 0 Å². The molecule has 0 N–H and O–H groups in total. The van der Waals surface area contributed by atoms with Gasteiger partial charge in [-0.2, -0.15) is 0 Å². The summed E-state index contributed by atoms with van der Waals surface area (Å²) in [5.74, 6) is 1.68. The predicted molar refractivity (Wildman–Crippen MR) is 113 cm³/mol. The second-order valence-electron chi connectivity index (χ2n) is 7.94. The lowest BCUT2D eigenvalue weighted by Gasteiger charge is -2.22. The molecule has 0 bridgehead atoms. The van der Waals surface area contributed by atoms with Gasteiger partial charge in [0.15, 0.2) is 0 Å². The maximum absolute atomic E-state index is 13.0. The highest BCUT2D eigenvalue weighted by Crippen LogP contribution is 2.26. The van der Waals surface area contributed by atoms with E-state index in [0.717, 1.165) is 23.6 Å². The molecule has 0 atom stereocenters. The van der Waals surface area contributed by atoms with Crippen molar-refractivity contribution in [2.24, 2.45) is 0 Å². The number of benzene rings is 2. The van der Waals surface area contributed by atoms with Crippen LogP contribution in [-0.2, 0) is 13.1 Å². The van der Waals surface area contributed by atoms with Gasteiger partial charge in [-0.3, -0.25) is 9.69 Å². The third-order valence-electron chi connectivity index (χ3n) is 5.83. The molecule has 1 fully saturated rings. The molecule has 154 valence electrons. The molecular formula is C24H30N2O3. The van der Waals surface area contributed by atoms with E-state index in [-0.39, 0.29) is 5.91 Å². The fraction of sp³-hybridized carbons (Fsp3) is 0.458. The minimum Gasteiger partial charge on any atom is -0.497 e. The van der Waals surface area contributed by atoms with Gasteiger partial charge in [-0.25, -0.2) is 0 Å². The van der Waals surface area contributed by atoms with Gasteiger partial charge in [0.05, 0.1) is 13.7 Å². The molecule has 1 amide bonds. The summed E-state index contributed by atoms with van der Waals surface area (Å²) in [6, 6.07) is 13.8. The first kappa shape index (κ1) is 19.8. The van der Waals surface area contributed by atoms with Crippen LogP contribution in [0.25, 0.3) is 0 Å². The molecule has 2 aromatic rings. The van der Waals surface area contributed by atoms with E-state index in [2.05, 4.69) is 23.1 Å². The molecule has 2 aliphatic rings.